The summed E-state index contributed by atoms with van der Waals surface area (Å²) in [4.78, 5) is 6.30. The van der Waals surface area contributed by atoms with Crippen LogP contribution in [0.25, 0.3) is 0 Å². The van der Waals surface area contributed by atoms with E-state index >= 15 is 0 Å². The molecule has 1 fully saturated rings. The van der Waals surface area contributed by atoms with E-state index in [4.69, 9.17) is 16.3 Å². The molecule has 1 unspecified atom stereocenters. The van der Waals surface area contributed by atoms with Crippen molar-refractivity contribution in [1.82, 2.24) is 10.2 Å². The molecule has 0 aliphatic carbocycles. The van der Waals surface area contributed by atoms with Gasteiger partial charge in [0.15, 0.2) is 15.8 Å². The summed E-state index contributed by atoms with van der Waals surface area (Å²) in [6, 6.07) is 7.39. The summed E-state index contributed by atoms with van der Waals surface area (Å²) in [5, 5.41) is 3.89. The lowest BCUT2D eigenvalue weighted by atomic mass is 10.2. The zero-order valence-corrected chi connectivity index (χ0v) is 17.4. The van der Waals surface area contributed by atoms with E-state index in [0.29, 0.717) is 36.4 Å². The fourth-order valence-corrected chi connectivity index (χ4v) is 4.40. The lowest BCUT2D eigenvalue weighted by Crippen LogP contribution is -2.57. The van der Waals surface area contributed by atoms with Crippen LogP contribution in [0.2, 0.25) is 5.02 Å². The van der Waals surface area contributed by atoms with E-state index in [1.54, 1.807) is 27.0 Å². The van der Waals surface area contributed by atoms with Crippen LogP contribution in [0.1, 0.15) is 27.2 Å². The first-order valence-electron chi connectivity index (χ1n) is 8.79. The Bertz CT molecular complexity index is 750. The van der Waals surface area contributed by atoms with Gasteiger partial charge in [-0.2, -0.15) is 0 Å². The highest BCUT2D eigenvalue weighted by Crippen LogP contribution is 2.25. The van der Waals surface area contributed by atoms with Crippen LogP contribution in [0.3, 0.4) is 0 Å². The summed E-state index contributed by atoms with van der Waals surface area (Å²) in [5.74, 6) is 1.48. The highest BCUT2D eigenvalue weighted by molar-refractivity contribution is 7.92. The minimum Gasteiger partial charge on any atom is -0.487 e. The highest BCUT2D eigenvalue weighted by atomic mass is 35.5. The van der Waals surface area contributed by atoms with Gasteiger partial charge >= 0.3 is 0 Å². The van der Waals surface area contributed by atoms with Crippen LogP contribution < -0.4 is 10.1 Å². The summed E-state index contributed by atoms with van der Waals surface area (Å²) in [6.07, 6.45) is 0.725. The highest BCUT2D eigenvalue weighted by Gasteiger charge is 2.41. The van der Waals surface area contributed by atoms with E-state index in [2.05, 4.69) is 10.3 Å². The summed E-state index contributed by atoms with van der Waals surface area (Å²) in [6.45, 7) is 6.97. The molecule has 2 rings (SSSR count). The minimum absolute atomic E-state index is 0.0758. The smallest absolute Gasteiger partial charge is 0.193 e. The number of nitrogens with zero attached hydrogens (tertiary/aromatic N) is 2. The molecule has 1 N–H and O–H groups in total. The molecule has 0 amide bonds. The van der Waals surface area contributed by atoms with Gasteiger partial charge in [0.25, 0.3) is 0 Å². The van der Waals surface area contributed by atoms with Gasteiger partial charge in [0.1, 0.15) is 11.9 Å². The van der Waals surface area contributed by atoms with Crippen molar-refractivity contribution >= 4 is 27.4 Å². The SMILES string of the molecule is CCC(CNC(=NC)N1CCS(=O)(=O)C(C)(C)C1)Oc1ccccc1Cl. The first-order valence-corrected chi connectivity index (χ1v) is 10.8. The monoisotopic (exact) mass is 401 g/mol. The molecular formula is C18H28ClN3O3S. The summed E-state index contributed by atoms with van der Waals surface area (Å²) in [5.41, 5.74) is 0. The minimum atomic E-state index is -3.08. The van der Waals surface area contributed by atoms with Crippen molar-refractivity contribution < 1.29 is 13.2 Å². The number of nitrogens with one attached hydrogen (secondary N) is 1. The number of halogens is 1. The topological polar surface area (TPSA) is 71.0 Å². The average Bonchev–Trinajstić information content (AvgIpc) is 2.59. The van der Waals surface area contributed by atoms with E-state index in [1.807, 2.05) is 30.0 Å². The van der Waals surface area contributed by atoms with Gasteiger partial charge in [-0.25, -0.2) is 8.42 Å². The number of benzene rings is 1. The largest absolute Gasteiger partial charge is 0.487 e. The van der Waals surface area contributed by atoms with Gasteiger partial charge in [0.2, 0.25) is 0 Å². The maximum Gasteiger partial charge on any atom is 0.193 e. The molecule has 8 heteroatoms. The van der Waals surface area contributed by atoms with E-state index in [9.17, 15) is 8.42 Å². The molecule has 1 aliphatic heterocycles. The van der Waals surface area contributed by atoms with Crippen molar-refractivity contribution in [1.29, 1.82) is 0 Å². The van der Waals surface area contributed by atoms with E-state index in [0.717, 1.165) is 6.42 Å². The molecule has 6 nitrogen and oxygen atoms in total. The predicted octanol–water partition coefficient (Wildman–Crippen LogP) is 2.58. The average molecular weight is 402 g/mol. The number of ether oxygens (including phenoxy) is 1. The third-order valence-corrected chi connectivity index (χ3v) is 7.47. The van der Waals surface area contributed by atoms with Crippen molar-refractivity contribution in [3.63, 3.8) is 0 Å². The molecule has 26 heavy (non-hydrogen) atoms. The van der Waals surface area contributed by atoms with Crippen molar-refractivity contribution in [3.05, 3.63) is 29.3 Å². The molecular weight excluding hydrogens is 374 g/mol. The molecule has 0 spiro atoms. The second kappa shape index (κ2) is 8.48. The molecule has 1 aliphatic rings. The third-order valence-electron chi connectivity index (χ3n) is 4.63. The molecule has 1 aromatic carbocycles. The summed E-state index contributed by atoms with van der Waals surface area (Å²) >= 11 is 6.16. The molecule has 146 valence electrons. The number of aliphatic imine (C=N–C) groups is 1. The number of rotatable bonds is 5. The van der Waals surface area contributed by atoms with Crippen molar-refractivity contribution in [2.75, 3.05) is 32.4 Å². The lowest BCUT2D eigenvalue weighted by Gasteiger charge is -2.39. The molecule has 1 heterocycles. The van der Waals surface area contributed by atoms with Crippen LogP contribution >= 0.6 is 11.6 Å². The Morgan fingerprint density at radius 2 is 2.12 bits per heavy atom. The van der Waals surface area contributed by atoms with Crippen LogP contribution in [0.5, 0.6) is 5.75 Å². The Morgan fingerprint density at radius 3 is 2.69 bits per heavy atom. The number of hydrogen-bond acceptors (Lipinski definition) is 4. The Kier molecular flexibility index (Phi) is 6.80. The van der Waals surface area contributed by atoms with E-state index in [1.165, 1.54) is 0 Å². The fourth-order valence-electron chi connectivity index (χ4n) is 2.85. The standard InChI is InChI=1S/C18H28ClN3O3S/c1-5-14(25-16-9-7-6-8-15(16)19)12-21-17(20-4)22-10-11-26(23,24)18(2,3)13-22/h6-9,14H,5,10-13H2,1-4H3,(H,20,21). The van der Waals surface area contributed by atoms with Crippen molar-refractivity contribution in [3.8, 4) is 5.75 Å². The number of guanidine groups is 1. The van der Waals surface area contributed by atoms with Crippen LogP contribution in [0.4, 0.5) is 0 Å². The van der Waals surface area contributed by atoms with Gasteiger partial charge in [-0.05, 0) is 32.4 Å². The van der Waals surface area contributed by atoms with E-state index in [-0.39, 0.29) is 11.9 Å². The van der Waals surface area contributed by atoms with Crippen molar-refractivity contribution in [2.24, 2.45) is 4.99 Å². The molecule has 0 aromatic heterocycles. The first kappa shape index (κ1) is 20.8. The maximum atomic E-state index is 12.2. The van der Waals surface area contributed by atoms with Crippen LogP contribution in [0.15, 0.2) is 29.3 Å². The molecule has 0 bridgehead atoms. The second-order valence-corrected chi connectivity index (χ2v) is 10.2. The molecule has 0 radical (unpaired) electrons. The summed E-state index contributed by atoms with van der Waals surface area (Å²) < 4.78 is 29.6. The van der Waals surface area contributed by atoms with Gasteiger partial charge in [-0.1, -0.05) is 30.7 Å². The Balaban J connectivity index is 1.98. The van der Waals surface area contributed by atoms with E-state index < -0.39 is 14.6 Å². The lowest BCUT2D eigenvalue weighted by molar-refractivity contribution is 0.198. The second-order valence-electron chi connectivity index (χ2n) is 7.01. The van der Waals surface area contributed by atoms with Crippen LogP contribution in [-0.2, 0) is 9.84 Å². The Morgan fingerprint density at radius 1 is 1.42 bits per heavy atom. The Hall–Kier alpha value is -1.47. The predicted molar refractivity (Wildman–Crippen MR) is 107 cm³/mol. The molecule has 1 aromatic rings. The molecule has 1 atom stereocenters. The van der Waals surface area contributed by atoms with Crippen molar-refractivity contribution in [2.45, 2.75) is 38.0 Å². The number of sulfone groups is 1. The molecule has 1 saturated heterocycles. The number of hydrogen-bond donors (Lipinski definition) is 1. The maximum absolute atomic E-state index is 12.2. The van der Waals surface area contributed by atoms with Gasteiger partial charge < -0.3 is 15.0 Å². The van der Waals surface area contributed by atoms with Crippen LogP contribution in [-0.4, -0.2) is 62.6 Å². The Labute approximate surface area is 161 Å². The third kappa shape index (κ3) is 4.82. The van der Waals surface area contributed by atoms with Gasteiger partial charge in [0, 0.05) is 20.1 Å². The number of para-hydroxylation sites is 1. The van der Waals surface area contributed by atoms with Gasteiger partial charge in [0.05, 0.1) is 22.1 Å². The quantitative estimate of drug-likeness (QED) is 0.606. The normalized spacial score (nSPS) is 20.5. The molecule has 0 saturated carbocycles. The summed E-state index contributed by atoms with van der Waals surface area (Å²) in [7, 11) is -1.38. The fraction of sp³-hybridized carbons (Fsp3) is 0.611. The van der Waals surface area contributed by atoms with Crippen LogP contribution in [0, 0.1) is 0 Å². The van der Waals surface area contributed by atoms with Gasteiger partial charge in [-0.3, -0.25) is 4.99 Å². The van der Waals surface area contributed by atoms with Gasteiger partial charge in [-0.15, -0.1) is 0 Å². The zero-order chi connectivity index (χ0) is 19.4. The first-order chi connectivity index (χ1) is 12.2. The zero-order valence-electron chi connectivity index (χ0n) is 15.8.